The smallest absolute Gasteiger partial charge is 0.283 e. The minimum absolute atomic E-state index is 0.0329. The van der Waals surface area contributed by atoms with Crippen LogP contribution in [0.1, 0.15) is 24.5 Å². The molecule has 0 saturated carbocycles. The number of carbonyl (C=O) groups is 1. The molecule has 0 aliphatic carbocycles. The Morgan fingerprint density at radius 2 is 2.13 bits per heavy atom. The van der Waals surface area contributed by atoms with Gasteiger partial charge in [-0.2, -0.15) is 0 Å². The molecule has 1 amide bonds. The van der Waals surface area contributed by atoms with E-state index in [0.29, 0.717) is 0 Å². The maximum Gasteiger partial charge on any atom is 0.283 e. The van der Waals surface area contributed by atoms with Crippen LogP contribution < -0.4 is 5.32 Å². The highest BCUT2D eigenvalue weighted by Crippen LogP contribution is 2.19. The van der Waals surface area contributed by atoms with Crippen molar-refractivity contribution in [3.8, 4) is 0 Å². The second-order valence-electron chi connectivity index (χ2n) is 3.51. The summed E-state index contributed by atoms with van der Waals surface area (Å²) in [6.07, 6.45) is 1.02. The molecule has 0 unspecified atom stereocenters. The first-order valence-electron chi connectivity index (χ1n) is 5.15. The molecule has 0 radical (unpaired) electrons. The summed E-state index contributed by atoms with van der Waals surface area (Å²) in [5.41, 5.74) is 3.26. The Balaban J connectivity index is 2.64. The lowest BCUT2D eigenvalue weighted by Crippen LogP contribution is -2.07. The number of rotatable bonds is 3. The molecule has 0 aromatic heterocycles. The van der Waals surface area contributed by atoms with E-state index in [9.17, 15) is 4.79 Å². The lowest BCUT2D eigenvalue weighted by atomic mass is 10.1. The van der Waals surface area contributed by atoms with Crippen molar-refractivity contribution in [2.45, 2.75) is 27.2 Å². The van der Waals surface area contributed by atoms with Gasteiger partial charge in [-0.05, 0) is 37.5 Å². The minimum atomic E-state index is 0.0329. The van der Waals surface area contributed by atoms with Crippen molar-refractivity contribution in [3.63, 3.8) is 0 Å². The van der Waals surface area contributed by atoms with Crippen LogP contribution in [0.4, 0.5) is 10.5 Å². The number of hydrogen-bond donors (Lipinski definition) is 1. The molecule has 1 N–H and O–H groups in total. The molecule has 0 atom stereocenters. The molecule has 2 nitrogen and oxygen atoms in total. The third-order valence-corrected chi connectivity index (χ3v) is 3.26. The van der Waals surface area contributed by atoms with Gasteiger partial charge in [0.2, 0.25) is 0 Å². The third kappa shape index (κ3) is 3.59. The van der Waals surface area contributed by atoms with Crippen LogP contribution in [0.15, 0.2) is 18.2 Å². The fourth-order valence-corrected chi connectivity index (χ4v) is 1.80. The van der Waals surface area contributed by atoms with Crippen LogP contribution in [0.25, 0.3) is 0 Å². The maximum absolute atomic E-state index is 11.5. The zero-order valence-corrected chi connectivity index (χ0v) is 10.3. The Morgan fingerprint density at radius 1 is 1.40 bits per heavy atom. The highest BCUT2D eigenvalue weighted by molar-refractivity contribution is 8.13. The molecule has 0 heterocycles. The normalized spacial score (nSPS) is 10.1. The third-order valence-electron chi connectivity index (χ3n) is 2.28. The number of anilines is 1. The second-order valence-corrected chi connectivity index (χ2v) is 4.58. The number of carbonyl (C=O) groups excluding carboxylic acids is 1. The fourth-order valence-electron chi connectivity index (χ4n) is 1.23. The molecule has 0 bridgehead atoms. The first kappa shape index (κ1) is 12.1. The molecule has 0 saturated heterocycles. The van der Waals surface area contributed by atoms with E-state index in [2.05, 4.69) is 12.2 Å². The van der Waals surface area contributed by atoms with E-state index < -0.39 is 0 Å². The first-order chi connectivity index (χ1) is 7.15. The fraction of sp³-hybridized carbons (Fsp3) is 0.417. The molecule has 0 spiro atoms. The van der Waals surface area contributed by atoms with Crippen molar-refractivity contribution in [2.24, 2.45) is 0 Å². The number of nitrogens with one attached hydrogen (secondary N) is 1. The zero-order valence-electron chi connectivity index (χ0n) is 9.46. The summed E-state index contributed by atoms with van der Waals surface area (Å²) in [6, 6.07) is 5.94. The molecule has 1 aromatic carbocycles. The number of aryl methyl sites for hydroxylation is 1. The summed E-state index contributed by atoms with van der Waals surface area (Å²) in [5, 5.41) is 2.94. The first-order valence-corrected chi connectivity index (χ1v) is 6.13. The van der Waals surface area contributed by atoms with Crippen LogP contribution in [0.5, 0.6) is 0 Å². The van der Waals surface area contributed by atoms with Gasteiger partial charge in [0.25, 0.3) is 5.24 Å². The van der Waals surface area contributed by atoms with Crippen molar-refractivity contribution in [1.82, 2.24) is 0 Å². The van der Waals surface area contributed by atoms with Gasteiger partial charge in [-0.3, -0.25) is 4.79 Å². The van der Waals surface area contributed by atoms with Gasteiger partial charge in [0, 0.05) is 11.4 Å². The molecule has 1 rings (SSSR count). The summed E-state index contributed by atoms with van der Waals surface area (Å²) in [4.78, 5) is 11.5. The summed E-state index contributed by atoms with van der Waals surface area (Å²) >= 11 is 1.34. The van der Waals surface area contributed by atoms with Crippen LogP contribution in [0, 0.1) is 13.8 Å². The molecule has 15 heavy (non-hydrogen) atoms. The van der Waals surface area contributed by atoms with Gasteiger partial charge in [-0.25, -0.2) is 0 Å². The Kier molecular flexibility index (Phi) is 4.69. The molecule has 0 aliphatic heterocycles. The summed E-state index contributed by atoms with van der Waals surface area (Å²) in [7, 11) is 0. The molecular weight excluding hydrogens is 206 g/mol. The van der Waals surface area contributed by atoms with E-state index >= 15 is 0 Å². The average Bonchev–Trinajstić information content (AvgIpc) is 2.22. The maximum atomic E-state index is 11.5. The van der Waals surface area contributed by atoms with E-state index in [1.54, 1.807) is 0 Å². The summed E-state index contributed by atoms with van der Waals surface area (Å²) < 4.78 is 0. The van der Waals surface area contributed by atoms with Crippen LogP contribution in [-0.4, -0.2) is 11.0 Å². The molecule has 0 aliphatic rings. The number of thioether (sulfide) groups is 1. The molecule has 3 heteroatoms. The van der Waals surface area contributed by atoms with Crippen molar-refractivity contribution in [3.05, 3.63) is 29.3 Å². The highest BCUT2D eigenvalue weighted by Gasteiger charge is 2.05. The lowest BCUT2D eigenvalue weighted by Gasteiger charge is -2.09. The number of benzene rings is 1. The van der Waals surface area contributed by atoms with Crippen LogP contribution in [-0.2, 0) is 0 Å². The molecule has 0 fully saturated rings. The van der Waals surface area contributed by atoms with E-state index in [1.165, 1.54) is 17.3 Å². The van der Waals surface area contributed by atoms with E-state index in [4.69, 9.17) is 0 Å². The summed E-state index contributed by atoms with van der Waals surface area (Å²) in [6.45, 7) is 6.14. The highest BCUT2D eigenvalue weighted by atomic mass is 32.2. The number of hydrogen-bond acceptors (Lipinski definition) is 2. The van der Waals surface area contributed by atoms with Crippen LogP contribution >= 0.6 is 11.8 Å². The second kappa shape index (κ2) is 5.81. The van der Waals surface area contributed by atoms with Crippen LogP contribution in [0.2, 0.25) is 0 Å². The van der Waals surface area contributed by atoms with E-state index in [-0.39, 0.29) is 5.24 Å². The van der Waals surface area contributed by atoms with E-state index in [0.717, 1.165) is 23.4 Å². The van der Waals surface area contributed by atoms with Gasteiger partial charge < -0.3 is 5.32 Å². The molecule has 1 aromatic rings. The SMILES string of the molecule is CCCSC(=O)Nc1cccc(C)c1C. The molecule has 82 valence electrons. The monoisotopic (exact) mass is 223 g/mol. The summed E-state index contributed by atoms with van der Waals surface area (Å²) in [5.74, 6) is 0.872. The number of amides is 1. The zero-order chi connectivity index (χ0) is 11.3. The topological polar surface area (TPSA) is 29.1 Å². The predicted octanol–water partition coefficient (Wildman–Crippen LogP) is 3.98. The van der Waals surface area contributed by atoms with Crippen molar-refractivity contribution >= 4 is 22.7 Å². The van der Waals surface area contributed by atoms with Crippen LogP contribution in [0.3, 0.4) is 0 Å². The standard InChI is InChI=1S/C12H17NOS/c1-4-8-15-12(14)13-11-7-5-6-9(2)10(11)3/h5-7H,4,8H2,1-3H3,(H,13,14). The Morgan fingerprint density at radius 3 is 2.80 bits per heavy atom. The van der Waals surface area contributed by atoms with Crippen molar-refractivity contribution in [2.75, 3.05) is 11.1 Å². The Hall–Kier alpha value is -0.960. The largest absolute Gasteiger partial charge is 0.317 e. The van der Waals surface area contributed by atoms with Gasteiger partial charge in [0.1, 0.15) is 0 Å². The van der Waals surface area contributed by atoms with E-state index in [1.807, 2.05) is 32.0 Å². The van der Waals surface area contributed by atoms with Gasteiger partial charge >= 0.3 is 0 Å². The quantitative estimate of drug-likeness (QED) is 0.839. The minimum Gasteiger partial charge on any atom is -0.317 e. The Labute approximate surface area is 95.5 Å². The molecular formula is C12H17NOS. The van der Waals surface area contributed by atoms with Crippen molar-refractivity contribution in [1.29, 1.82) is 0 Å². The van der Waals surface area contributed by atoms with Gasteiger partial charge in [0.05, 0.1) is 0 Å². The van der Waals surface area contributed by atoms with Gasteiger partial charge in [-0.1, -0.05) is 30.8 Å². The van der Waals surface area contributed by atoms with Gasteiger partial charge in [-0.15, -0.1) is 0 Å². The Bertz CT molecular complexity index is 349. The van der Waals surface area contributed by atoms with Crippen molar-refractivity contribution < 1.29 is 4.79 Å². The lowest BCUT2D eigenvalue weighted by molar-refractivity contribution is 0.269. The predicted molar refractivity (Wildman–Crippen MR) is 67.7 cm³/mol. The average molecular weight is 223 g/mol. The van der Waals surface area contributed by atoms with Gasteiger partial charge in [0.15, 0.2) is 0 Å².